The van der Waals surface area contributed by atoms with Crippen LogP contribution in [0.5, 0.6) is 0 Å². The van der Waals surface area contributed by atoms with Crippen molar-refractivity contribution >= 4 is 11.9 Å². The van der Waals surface area contributed by atoms with E-state index in [4.69, 9.17) is 4.42 Å². The molecule has 7 heteroatoms. The maximum Gasteiger partial charge on any atom is 0.325 e. The molecule has 1 atom stereocenters. The van der Waals surface area contributed by atoms with E-state index in [-0.39, 0.29) is 12.5 Å². The lowest BCUT2D eigenvalue weighted by molar-refractivity contribution is -0.132. The van der Waals surface area contributed by atoms with Crippen LogP contribution in [-0.2, 0) is 16.9 Å². The highest BCUT2D eigenvalue weighted by atomic mass is 16.3. The number of nitrogens with one attached hydrogen (secondary N) is 1. The van der Waals surface area contributed by atoms with Gasteiger partial charge in [0.1, 0.15) is 5.76 Å². The zero-order valence-corrected chi connectivity index (χ0v) is 13.5. The molecule has 0 spiro atoms. The minimum Gasteiger partial charge on any atom is -0.466 e. The minimum absolute atomic E-state index is 0.0980. The highest BCUT2D eigenvalue weighted by molar-refractivity contribution is 6.06. The number of amides is 3. The lowest BCUT2D eigenvalue weighted by atomic mass is 9.99. The Hall–Kier alpha value is -3.35. The van der Waals surface area contributed by atoms with Crippen LogP contribution in [0.25, 0.3) is 5.69 Å². The number of carbonyl (C=O) groups is 2. The summed E-state index contributed by atoms with van der Waals surface area (Å²) in [5.74, 6) is 0.0462. The van der Waals surface area contributed by atoms with Crippen molar-refractivity contribution in [2.45, 2.75) is 19.0 Å². The van der Waals surface area contributed by atoms with E-state index in [0.29, 0.717) is 11.5 Å². The molecule has 25 heavy (non-hydrogen) atoms. The van der Waals surface area contributed by atoms with Crippen molar-refractivity contribution in [3.8, 4) is 5.69 Å². The van der Waals surface area contributed by atoms with E-state index in [1.165, 1.54) is 6.26 Å². The van der Waals surface area contributed by atoms with E-state index in [9.17, 15) is 9.59 Å². The lowest BCUT2D eigenvalue weighted by Crippen LogP contribution is -2.40. The van der Waals surface area contributed by atoms with Crippen LogP contribution in [-0.4, -0.2) is 26.6 Å². The van der Waals surface area contributed by atoms with Crippen molar-refractivity contribution in [3.05, 3.63) is 72.4 Å². The van der Waals surface area contributed by atoms with E-state index < -0.39 is 11.6 Å². The summed E-state index contributed by atoms with van der Waals surface area (Å²) in [6, 6.07) is 14.3. The predicted molar refractivity (Wildman–Crippen MR) is 88.7 cm³/mol. The molecule has 0 saturated carbocycles. The van der Waals surface area contributed by atoms with Crippen molar-refractivity contribution in [3.63, 3.8) is 0 Å². The largest absolute Gasteiger partial charge is 0.466 e. The van der Waals surface area contributed by atoms with Gasteiger partial charge in [0.15, 0.2) is 5.54 Å². The normalized spacial score (nSPS) is 20.1. The average Bonchev–Trinajstić information content (AvgIpc) is 3.34. The van der Waals surface area contributed by atoms with Gasteiger partial charge in [0.05, 0.1) is 24.2 Å². The molecule has 1 N–H and O–H groups in total. The molecular formula is C18H16N4O3. The van der Waals surface area contributed by atoms with Crippen LogP contribution in [0, 0.1) is 0 Å². The maximum atomic E-state index is 12.8. The Kier molecular flexibility index (Phi) is 3.42. The first kappa shape index (κ1) is 15.2. The van der Waals surface area contributed by atoms with E-state index in [2.05, 4.69) is 10.4 Å². The van der Waals surface area contributed by atoms with Gasteiger partial charge in [0, 0.05) is 6.20 Å². The third-order valence-electron chi connectivity index (χ3n) is 4.27. The van der Waals surface area contributed by atoms with Gasteiger partial charge in [0.2, 0.25) is 0 Å². The molecule has 126 valence electrons. The van der Waals surface area contributed by atoms with Gasteiger partial charge in [-0.25, -0.2) is 9.48 Å². The van der Waals surface area contributed by atoms with Gasteiger partial charge >= 0.3 is 6.03 Å². The van der Waals surface area contributed by atoms with E-state index >= 15 is 0 Å². The standard InChI is InChI=1S/C18H16N4O3/c1-18(15-8-5-11-25-15)16(23)21(17(24)19-18)12-13-9-10-22(20-13)14-6-3-2-4-7-14/h2-11H,12H2,1H3,(H,19,24). The summed E-state index contributed by atoms with van der Waals surface area (Å²) in [5.41, 5.74) is 0.338. The molecule has 4 rings (SSSR count). The first-order valence-corrected chi connectivity index (χ1v) is 7.86. The molecule has 0 radical (unpaired) electrons. The number of aromatic nitrogens is 2. The van der Waals surface area contributed by atoms with Gasteiger partial charge < -0.3 is 9.73 Å². The fourth-order valence-electron chi connectivity index (χ4n) is 2.90. The molecule has 1 aliphatic rings. The monoisotopic (exact) mass is 336 g/mol. The molecule has 2 aromatic heterocycles. The number of rotatable bonds is 4. The summed E-state index contributed by atoms with van der Waals surface area (Å²) in [5, 5.41) is 7.14. The van der Waals surface area contributed by atoms with E-state index in [0.717, 1.165) is 10.6 Å². The second-order valence-electron chi connectivity index (χ2n) is 6.01. The Bertz CT molecular complexity index is 917. The average molecular weight is 336 g/mol. The number of hydrogen-bond donors (Lipinski definition) is 1. The number of imide groups is 1. The Morgan fingerprint density at radius 2 is 1.92 bits per heavy atom. The predicted octanol–water partition coefficient (Wildman–Crippen LogP) is 2.43. The van der Waals surface area contributed by atoms with Crippen molar-refractivity contribution in [1.29, 1.82) is 0 Å². The molecule has 7 nitrogen and oxygen atoms in total. The minimum atomic E-state index is -1.19. The smallest absolute Gasteiger partial charge is 0.325 e. The summed E-state index contributed by atoms with van der Waals surface area (Å²) in [4.78, 5) is 26.2. The van der Waals surface area contributed by atoms with Crippen molar-refractivity contribution in [2.24, 2.45) is 0 Å². The lowest BCUT2D eigenvalue weighted by Gasteiger charge is -2.18. The fraction of sp³-hybridized carbons (Fsp3) is 0.167. The molecule has 0 bridgehead atoms. The number of hydrogen-bond acceptors (Lipinski definition) is 4. The number of urea groups is 1. The Balaban J connectivity index is 1.56. The van der Waals surface area contributed by atoms with Gasteiger partial charge in [-0.1, -0.05) is 18.2 Å². The summed E-state index contributed by atoms with van der Waals surface area (Å²) < 4.78 is 7.03. The Morgan fingerprint density at radius 1 is 1.12 bits per heavy atom. The third-order valence-corrected chi connectivity index (χ3v) is 4.27. The van der Waals surface area contributed by atoms with Crippen LogP contribution in [0.3, 0.4) is 0 Å². The van der Waals surface area contributed by atoms with Gasteiger partial charge in [-0.2, -0.15) is 5.10 Å². The molecule has 1 fully saturated rings. The van der Waals surface area contributed by atoms with E-state index in [1.54, 1.807) is 36.0 Å². The maximum absolute atomic E-state index is 12.8. The molecule has 3 aromatic rings. The summed E-state index contributed by atoms with van der Waals surface area (Å²) in [6.07, 6.45) is 3.28. The van der Waals surface area contributed by atoms with Crippen molar-refractivity contribution in [2.75, 3.05) is 0 Å². The third kappa shape index (κ3) is 2.50. The van der Waals surface area contributed by atoms with Crippen LogP contribution in [0.15, 0.2) is 65.4 Å². The van der Waals surface area contributed by atoms with Gasteiger partial charge in [-0.15, -0.1) is 0 Å². The summed E-state index contributed by atoms with van der Waals surface area (Å²) in [6.45, 7) is 1.73. The second kappa shape index (κ2) is 5.62. The molecule has 1 unspecified atom stereocenters. The summed E-state index contributed by atoms with van der Waals surface area (Å²) in [7, 11) is 0. The second-order valence-corrected chi connectivity index (χ2v) is 6.01. The highest BCUT2D eigenvalue weighted by Crippen LogP contribution is 2.29. The van der Waals surface area contributed by atoms with Gasteiger partial charge in [0.25, 0.3) is 5.91 Å². The van der Waals surface area contributed by atoms with Gasteiger partial charge in [-0.05, 0) is 37.3 Å². The zero-order chi connectivity index (χ0) is 17.4. The Labute approximate surface area is 143 Å². The van der Waals surface area contributed by atoms with Crippen LogP contribution in [0.1, 0.15) is 18.4 Å². The van der Waals surface area contributed by atoms with Crippen molar-refractivity contribution < 1.29 is 14.0 Å². The SMILES string of the molecule is CC1(c2ccco2)NC(=O)N(Cc2ccn(-c3ccccc3)n2)C1=O. The topological polar surface area (TPSA) is 80.4 Å². The summed E-state index contributed by atoms with van der Waals surface area (Å²) >= 11 is 0. The quantitative estimate of drug-likeness (QED) is 0.742. The zero-order valence-electron chi connectivity index (χ0n) is 13.5. The van der Waals surface area contributed by atoms with Crippen LogP contribution >= 0.6 is 0 Å². The molecule has 3 heterocycles. The van der Waals surface area contributed by atoms with Crippen LogP contribution < -0.4 is 5.32 Å². The number of furan rings is 1. The molecule has 0 aliphatic carbocycles. The van der Waals surface area contributed by atoms with Gasteiger partial charge in [-0.3, -0.25) is 9.69 Å². The van der Waals surface area contributed by atoms with Crippen LogP contribution in [0.2, 0.25) is 0 Å². The molecule has 1 aromatic carbocycles. The first-order chi connectivity index (χ1) is 12.1. The van der Waals surface area contributed by atoms with Crippen LogP contribution in [0.4, 0.5) is 4.79 Å². The Morgan fingerprint density at radius 3 is 2.64 bits per heavy atom. The molecule has 3 amide bonds. The molecule has 1 aliphatic heterocycles. The molecule has 1 saturated heterocycles. The number of nitrogens with zero attached hydrogens (tertiary/aromatic N) is 3. The number of para-hydroxylation sites is 1. The highest BCUT2D eigenvalue weighted by Gasteiger charge is 2.51. The first-order valence-electron chi connectivity index (χ1n) is 7.86. The van der Waals surface area contributed by atoms with Crippen molar-refractivity contribution in [1.82, 2.24) is 20.0 Å². The van der Waals surface area contributed by atoms with E-state index in [1.807, 2.05) is 30.3 Å². The number of benzene rings is 1. The number of carbonyl (C=O) groups excluding carboxylic acids is 2. The fourth-order valence-corrected chi connectivity index (χ4v) is 2.90. The molecular weight excluding hydrogens is 320 g/mol.